The lowest BCUT2D eigenvalue weighted by Gasteiger charge is -2.20. The second kappa shape index (κ2) is 6.69. The normalized spacial score (nSPS) is 12.3. The molecular formula is C12H20BrN3O2S. The lowest BCUT2D eigenvalue weighted by Crippen LogP contribution is -2.36. The number of halogens is 1. The molecule has 0 aliphatic rings. The van der Waals surface area contributed by atoms with Crippen molar-refractivity contribution in [2.45, 2.75) is 24.8 Å². The zero-order valence-corrected chi connectivity index (χ0v) is 13.8. The molecule has 19 heavy (non-hydrogen) atoms. The van der Waals surface area contributed by atoms with Gasteiger partial charge in [-0.2, -0.15) is 0 Å². The van der Waals surface area contributed by atoms with Gasteiger partial charge in [-0.25, -0.2) is 13.1 Å². The highest BCUT2D eigenvalue weighted by Gasteiger charge is 2.15. The van der Waals surface area contributed by atoms with E-state index in [0.717, 1.165) is 0 Å². The van der Waals surface area contributed by atoms with E-state index in [2.05, 4.69) is 39.4 Å². The van der Waals surface area contributed by atoms with Crippen LogP contribution in [0.3, 0.4) is 0 Å². The molecule has 1 rings (SSSR count). The molecule has 0 aromatic heterocycles. The Balaban J connectivity index is 2.68. The maximum Gasteiger partial charge on any atom is 0.240 e. The number of hydrogen-bond acceptors (Lipinski definition) is 4. The number of hydrogen-bond donors (Lipinski definition) is 2. The first-order valence-electron chi connectivity index (χ1n) is 5.99. The fourth-order valence-electron chi connectivity index (χ4n) is 1.39. The third-order valence-electron chi connectivity index (χ3n) is 2.92. The van der Waals surface area contributed by atoms with Crippen molar-refractivity contribution in [2.24, 2.45) is 0 Å². The molecule has 0 aliphatic heterocycles. The number of benzene rings is 1. The number of rotatable bonds is 6. The SMILES string of the molecule is CC(C)N(C)CCNS(=O)(=O)c1ccc(Br)c(N)c1. The number of anilines is 1. The Labute approximate surface area is 123 Å². The first kappa shape index (κ1) is 16.4. The molecule has 0 aliphatic carbocycles. The molecule has 0 saturated heterocycles. The molecular weight excluding hydrogens is 330 g/mol. The van der Waals surface area contributed by atoms with Crippen LogP contribution in [-0.2, 0) is 10.0 Å². The van der Waals surface area contributed by atoms with E-state index in [1.165, 1.54) is 12.1 Å². The van der Waals surface area contributed by atoms with Gasteiger partial charge in [0.05, 0.1) is 4.90 Å². The summed E-state index contributed by atoms with van der Waals surface area (Å²) in [6, 6.07) is 4.98. The molecule has 0 radical (unpaired) electrons. The van der Waals surface area contributed by atoms with E-state index in [-0.39, 0.29) is 4.90 Å². The van der Waals surface area contributed by atoms with Crippen LogP contribution in [0.4, 0.5) is 5.69 Å². The molecule has 0 atom stereocenters. The molecule has 5 nitrogen and oxygen atoms in total. The molecule has 0 bridgehead atoms. The summed E-state index contributed by atoms with van der Waals surface area (Å²) in [5, 5.41) is 0. The Hall–Kier alpha value is -0.630. The summed E-state index contributed by atoms with van der Waals surface area (Å²) in [6.07, 6.45) is 0. The van der Waals surface area contributed by atoms with Gasteiger partial charge >= 0.3 is 0 Å². The van der Waals surface area contributed by atoms with Crippen molar-refractivity contribution >= 4 is 31.6 Å². The number of nitrogen functional groups attached to an aromatic ring is 1. The first-order valence-corrected chi connectivity index (χ1v) is 8.26. The summed E-state index contributed by atoms with van der Waals surface area (Å²) in [6.45, 7) is 5.14. The van der Waals surface area contributed by atoms with E-state index in [9.17, 15) is 8.42 Å². The van der Waals surface area contributed by atoms with Crippen LogP contribution in [0.1, 0.15) is 13.8 Å². The molecule has 1 aromatic rings. The topological polar surface area (TPSA) is 75.4 Å². The monoisotopic (exact) mass is 349 g/mol. The fraction of sp³-hybridized carbons (Fsp3) is 0.500. The first-order chi connectivity index (χ1) is 8.74. The number of nitrogens with one attached hydrogen (secondary N) is 1. The lowest BCUT2D eigenvalue weighted by atomic mass is 10.3. The minimum Gasteiger partial charge on any atom is -0.398 e. The largest absolute Gasteiger partial charge is 0.398 e. The van der Waals surface area contributed by atoms with Crippen LogP contribution in [0, 0.1) is 0 Å². The van der Waals surface area contributed by atoms with Crippen LogP contribution < -0.4 is 10.5 Å². The zero-order valence-electron chi connectivity index (χ0n) is 11.4. The van der Waals surface area contributed by atoms with Crippen LogP contribution >= 0.6 is 15.9 Å². The summed E-state index contributed by atoms with van der Waals surface area (Å²) in [5.41, 5.74) is 6.09. The second-order valence-corrected chi connectivity index (χ2v) is 7.28. The summed E-state index contributed by atoms with van der Waals surface area (Å²) in [4.78, 5) is 2.25. The highest BCUT2D eigenvalue weighted by molar-refractivity contribution is 9.10. The van der Waals surface area contributed by atoms with Gasteiger partial charge < -0.3 is 10.6 Å². The quantitative estimate of drug-likeness (QED) is 0.765. The summed E-state index contributed by atoms with van der Waals surface area (Å²) >= 11 is 3.24. The van der Waals surface area contributed by atoms with Gasteiger partial charge in [-0.3, -0.25) is 0 Å². The minimum atomic E-state index is -3.50. The number of nitrogens with two attached hydrogens (primary N) is 1. The standard InChI is InChI=1S/C12H20BrN3O2S/c1-9(2)16(3)7-6-15-19(17,18)10-4-5-11(13)12(14)8-10/h4-5,8-9,15H,6-7,14H2,1-3H3. The average Bonchev–Trinajstić information content (AvgIpc) is 2.32. The van der Waals surface area contributed by atoms with Gasteiger partial charge in [-0.1, -0.05) is 0 Å². The molecule has 0 amide bonds. The van der Waals surface area contributed by atoms with Crippen LogP contribution in [0.25, 0.3) is 0 Å². The van der Waals surface area contributed by atoms with E-state index in [0.29, 0.717) is 29.3 Å². The van der Waals surface area contributed by atoms with Crippen LogP contribution in [0.2, 0.25) is 0 Å². The Bertz CT molecular complexity index is 532. The van der Waals surface area contributed by atoms with E-state index in [1.807, 2.05) is 7.05 Å². The van der Waals surface area contributed by atoms with Gasteiger partial charge in [0, 0.05) is 29.3 Å². The second-order valence-electron chi connectivity index (χ2n) is 4.66. The maximum atomic E-state index is 12.0. The Kier molecular flexibility index (Phi) is 5.79. The van der Waals surface area contributed by atoms with E-state index in [4.69, 9.17) is 5.73 Å². The van der Waals surface area contributed by atoms with Crippen molar-refractivity contribution in [1.29, 1.82) is 0 Å². The predicted octanol–water partition coefficient (Wildman–Crippen LogP) is 1.65. The molecule has 0 fully saturated rings. The molecule has 0 spiro atoms. The zero-order chi connectivity index (χ0) is 14.6. The average molecular weight is 350 g/mol. The number of sulfonamides is 1. The molecule has 0 heterocycles. The van der Waals surface area contributed by atoms with Crippen molar-refractivity contribution in [3.8, 4) is 0 Å². The van der Waals surface area contributed by atoms with Gasteiger partial charge in [0.1, 0.15) is 0 Å². The van der Waals surface area contributed by atoms with E-state index >= 15 is 0 Å². The third kappa shape index (κ3) is 4.76. The molecule has 108 valence electrons. The molecule has 1 aromatic carbocycles. The smallest absolute Gasteiger partial charge is 0.240 e. The van der Waals surface area contributed by atoms with Gasteiger partial charge in [0.2, 0.25) is 10.0 Å². The number of nitrogens with zero attached hydrogens (tertiary/aromatic N) is 1. The van der Waals surface area contributed by atoms with E-state index < -0.39 is 10.0 Å². The van der Waals surface area contributed by atoms with Crippen molar-refractivity contribution in [3.63, 3.8) is 0 Å². The van der Waals surface area contributed by atoms with Gasteiger partial charge in [-0.15, -0.1) is 0 Å². The van der Waals surface area contributed by atoms with Crippen molar-refractivity contribution in [1.82, 2.24) is 9.62 Å². The molecule has 0 unspecified atom stereocenters. The third-order valence-corrected chi connectivity index (χ3v) is 5.10. The Morgan fingerprint density at radius 3 is 2.58 bits per heavy atom. The summed E-state index contributed by atoms with van der Waals surface area (Å²) in [5.74, 6) is 0. The number of likely N-dealkylation sites (N-methyl/N-ethyl adjacent to an activating group) is 1. The molecule has 7 heteroatoms. The van der Waals surface area contributed by atoms with Gasteiger partial charge in [0.25, 0.3) is 0 Å². The molecule has 0 saturated carbocycles. The van der Waals surface area contributed by atoms with Gasteiger partial charge in [0.15, 0.2) is 0 Å². The Morgan fingerprint density at radius 1 is 1.42 bits per heavy atom. The highest BCUT2D eigenvalue weighted by Crippen LogP contribution is 2.22. The van der Waals surface area contributed by atoms with Crippen LogP contribution in [-0.4, -0.2) is 39.5 Å². The molecule has 3 N–H and O–H groups in total. The maximum absolute atomic E-state index is 12.0. The minimum absolute atomic E-state index is 0.181. The van der Waals surface area contributed by atoms with Crippen molar-refractivity contribution in [3.05, 3.63) is 22.7 Å². The summed E-state index contributed by atoms with van der Waals surface area (Å²) in [7, 11) is -1.54. The van der Waals surface area contributed by atoms with Crippen molar-refractivity contribution in [2.75, 3.05) is 25.9 Å². The Morgan fingerprint density at radius 2 is 2.05 bits per heavy atom. The summed E-state index contributed by atoms with van der Waals surface area (Å²) < 4.78 is 27.3. The van der Waals surface area contributed by atoms with Crippen molar-refractivity contribution < 1.29 is 8.42 Å². The van der Waals surface area contributed by atoms with Crippen LogP contribution in [0.5, 0.6) is 0 Å². The predicted molar refractivity (Wildman–Crippen MR) is 81.5 cm³/mol. The van der Waals surface area contributed by atoms with E-state index in [1.54, 1.807) is 6.07 Å². The fourth-order valence-corrected chi connectivity index (χ4v) is 2.69. The van der Waals surface area contributed by atoms with Gasteiger partial charge in [-0.05, 0) is 55.0 Å². The highest BCUT2D eigenvalue weighted by atomic mass is 79.9. The van der Waals surface area contributed by atoms with Crippen LogP contribution in [0.15, 0.2) is 27.6 Å². The lowest BCUT2D eigenvalue weighted by molar-refractivity contribution is 0.278.